The Balaban J connectivity index is 1.96. The van der Waals surface area contributed by atoms with Crippen molar-refractivity contribution in [2.75, 3.05) is 17.3 Å². The lowest BCUT2D eigenvalue weighted by atomic mass is 9.93. The molecule has 0 spiro atoms. The number of aryl methyl sites for hydroxylation is 2. The summed E-state index contributed by atoms with van der Waals surface area (Å²) in [5, 5.41) is 20.8. The van der Waals surface area contributed by atoms with Crippen LogP contribution in [0.15, 0.2) is 73.3 Å². The van der Waals surface area contributed by atoms with E-state index in [2.05, 4.69) is 11.9 Å². The number of methoxy groups -OCH3 is 1. The van der Waals surface area contributed by atoms with Crippen molar-refractivity contribution >= 4 is 34.5 Å². The molecule has 3 aromatic rings. The van der Waals surface area contributed by atoms with Gasteiger partial charge in [-0.25, -0.2) is 0 Å². The molecule has 0 aliphatic carbocycles. The van der Waals surface area contributed by atoms with Crippen LogP contribution in [0.1, 0.15) is 55.4 Å². The van der Waals surface area contributed by atoms with Crippen LogP contribution >= 0.6 is 0 Å². The highest BCUT2D eigenvalue weighted by Gasteiger charge is 2.27. The molecule has 0 aliphatic heterocycles. The number of ether oxygens (including phenoxy) is 1. The fourth-order valence-electron chi connectivity index (χ4n) is 4.42. The van der Waals surface area contributed by atoms with E-state index in [1.54, 1.807) is 18.9 Å². The largest absolute Gasteiger partial charge is 0.497 e. The fourth-order valence-corrected chi connectivity index (χ4v) is 4.42. The van der Waals surface area contributed by atoms with Gasteiger partial charge in [-0.15, -0.1) is 0 Å². The number of nitrogens with one attached hydrogen (secondary N) is 3. The molecule has 0 aromatic heterocycles. The zero-order valence-corrected chi connectivity index (χ0v) is 23.0. The summed E-state index contributed by atoms with van der Waals surface area (Å²) in [6.45, 7) is 12.1. The molecule has 6 heteroatoms. The van der Waals surface area contributed by atoms with Gasteiger partial charge in [-0.3, -0.25) is 20.5 Å². The summed E-state index contributed by atoms with van der Waals surface area (Å²) in [4.78, 5) is 14.6. The van der Waals surface area contributed by atoms with Crippen LogP contribution in [0.2, 0.25) is 0 Å². The van der Waals surface area contributed by atoms with Gasteiger partial charge in [0.25, 0.3) is 0 Å². The van der Waals surface area contributed by atoms with Crippen molar-refractivity contribution in [2.24, 2.45) is 5.92 Å². The predicted octanol–water partition coefficient (Wildman–Crippen LogP) is 7.60. The van der Waals surface area contributed by atoms with Crippen LogP contribution in [0, 0.1) is 30.6 Å². The molecule has 1 amide bonds. The predicted molar refractivity (Wildman–Crippen MR) is 159 cm³/mol. The van der Waals surface area contributed by atoms with Gasteiger partial charge >= 0.3 is 0 Å². The maximum absolute atomic E-state index is 13.0. The Hall–Kier alpha value is -4.19. The summed E-state index contributed by atoms with van der Waals surface area (Å²) in [7, 11) is 1.61. The molecule has 3 rings (SSSR count). The van der Waals surface area contributed by atoms with Crippen LogP contribution in [0.5, 0.6) is 5.75 Å². The first kappa shape index (κ1) is 28.4. The minimum absolute atomic E-state index is 0.148. The SMILES string of the molecule is C=C(c1ccc(C)cc1)c1cc(OC)ccc1N(C(C)=N)C(=N)C(CCC)CC(=O)Nc1ccc(C)cc1. The normalized spacial score (nSPS) is 11.4. The monoisotopic (exact) mass is 510 g/mol. The van der Waals surface area contributed by atoms with Gasteiger partial charge in [-0.2, -0.15) is 0 Å². The molecule has 0 saturated carbocycles. The first-order valence-electron chi connectivity index (χ1n) is 12.9. The summed E-state index contributed by atoms with van der Waals surface area (Å²) in [6.07, 6.45) is 1.60. The maximum atomic E-state index is 13.0. The van der Waals surface area contributed by atoms with Crippen molar-refractivity contribution in [3.05, 3.63) is 95.6 Å². The van der Waals surface area contributed by atoms with E-state index in [9.17, 15) is 10.2 Å². The Labute approximate surface area is 226 Å². The number of carbonyl (C=O) groups excluding carboxylic acids is 1. The molecule has 0 aliphatic rings. The van der Waals surface area contributed by atoms with E-state index in [-0.39, 0.29) is 29.9 Å². The molecule has 0 fully saturated rings. The zero-order chi connectivity index (χ0) is 27.8. The summed E-state index contributed by atoms with van der Waals surface area (Å²) >= 11 is 0. The molecule has 0 bridgehead atoms. The fraction of sp³-hybridized carbons (Fsp3) is 0.281. The number of hydrogen-bond acceptors (Lipinski definition) is 4. The first-order chi connectivity index (χ1) is 18.1. The highest BCUT2D eigenvalue weighted by atomic mass is 16.5. The summed E-state index contributed by atoms with van der Waals surface area (Å²) in [5.74, 6) is 0.542. The van der Waals surface area contributed by atoms with Gasteiger partial charge in [-0.1, -0.05) is 67.4 Å². The number of anilines is 2. The molecule has 3 N–H and O–H groups in total. The standard InChI is InChI=1S/C32H38N4O2/c1-7-8-26(19-31(37)35-27-15-11-22(3)12-16-27)32(34)36(24(5)33)30-18-17-28(38-6)20-29(30)23(4)25-13-9-21(2)10-14-25/h9-18,20,26,33-34H,4,7-8,19H2,1-3,5-6H3,(H,35,37). The molecule has 0 saturated heterocycles. The zero-order valence-electron chi connectivity index (χ0n) is 23.0. The number of rotatable bonds is 10. The molecule has 0 heterocycles. The van der Waals surface area contributed by atoms with Gasteiger partial charge < -0.3 is 10.1 Å². The summed E-state index contributed by atoms with van der Waals surface area (Å²) in [5.41, 5.74) is 6.14. The smallest absolute Gasteiger partial charge is 0.225 e. The minimum atomic E-state index is -0.367. The second kappa shape index (κ2) is 12.9. The third-order valence-electron chi connectivity index (χ3n) is 6.54. The van der Waals surface area contributed by atoms with Gasteiger partial charge in [0.1, 0.15) is 17.4 Å². The Bertz CT molecular complexity index is 1310. The topological polar surface area (TPSA) is 89.3 Å². The van der Waals surface area contributed by atoms with E-state index < -0.39 is 0 Å². The maximum Gasteiger partial charge on any atom is 0.225 e. The van der Waals surface area contributed by atoms with Crippen molar-refractivity contribution in [2.45, 2.75) is 47.0 Å². The van der Waals surface area contributed by atoms with Crippen LogP contribution in [-0.4, -0.2) is 24.7 Å². The first-order valence-corrected chi connectivity index (χ1v) is 12.9. The Morgan fingerprint density at radius 1 is 1.00 bits per heavy atom. The van der Waals surface area contributed by atoms with Gasteiger partial charge in [0, 0.05) is 23.6 Å². The third-order valence-corrected chi connectivity index (χ3v) is 6.54. The van der Waals surface area contributed by atoms with Crippen molar-refractivity contribution in [1.82, 2.24) is 0 Å². The van der Waals surface area contributed by atoms with Gasteiger partial charge in [0.05, 0.1) is 12.8 Å². The Morgan fingerprint density at radius 2 is 1.61 bits per heavy atom. The average molecular weight is 511 g/mol. The summed E-state index contributed by atoms with van der Waals surface area (Å²) in [6, 6.07) is 21.3. The lowest BCUT2D eigenvalue weighted by Gasteiger charge is -2.31. The molecular formula is C32H38N4O2. The van der Waals surface area contributed by atoms with Gasteiger partial charge in [0.2, 0.25) is 5.91 Å². The second-order valence-electron chi connectivity index (χ2n) is 9.64. The van der Waals surface area contributed by atoms with Crippen molar-refractivity contribution in [1.29, 1.82) is 10.8 Å². The van der Waals surface area contributed by atoms with Gasteiger partial charge in [-0.05, 0) is 68.7 Å². The number of amides is 1. The van der Waals surface area contributed by atoms with Crippen LogP contribution in [-0.2, 0) is 4.79 Å². The van der Waals surface area contributed by atoms with Crippen LogP contribution in [0.25, 0.3) is 5.57 Å². The molecule has 38 heavy (non-hydrogen) atoms. The van der Waals surface area contributed by atoms with Crippen LogP contribution in [0.4, 0.5) is 11.4 Å². The lowest BCUT2D eigenvalue weighted by Crippen LogP contribution is -2.40. The Morgan fingerprint density at radius 3 is 2.16 bits per heavy atom. The number of nitrogens with zero attached hydrogens (tertiary/aromatic N) is 1. The highest BCUT2D eigenvalue weighted by molar-refractivity contribution is 6.19. The molecule has 0 radical (unpaired) electrons. The van der Waals surface area contributed by atoms with Gasteiger partial charge in [0.15, 0.2) is 0 Å². The minimum Gasteiger partial charge on any atom is -0.497 e. The Kier molecular flexibility index (Phi) is 9.61. The molecule has 1 unspecified atom stereocenters. The lowest BCUT2D eigenvalue weighted by molar-refractivity contribution is -0.116. The molecular weight excluding hydrogens is 472 g/mol. The molecule has 6 nitrogen and oxygen atoms in total. The van der Waals surface area contributed by atoms with Crippen LogP contribution < -0.4 is 15.0 Å². The van der Waals surface area contributed by atoms with Crippen molar-refractivity contribution < 1.29 is 9.53 Å². The molecule has 198 valence electrons. The highest BCUT2D eigenvalue weighted by Crippen LogP contribution is 2.35. The molecule has 1 atom stereocenters. The summed E-state index contributed by atoms with van der Waals surface area (Å²) < 4.78 is 5.50. The van der Waals surface area contributed by atoms with E-state index in [1.165, 1.54) is 0 Å². The number of amidine groups is 2. The second-order valence-corrected chi connectivity index (χ2v) is 9.64. The number of benzene rings is 3. The third kappa shape index (κ3) is 6.97. The van der Waals surface area contributed by atoms with E-state index >= 15 is 0 Å². The van der Waals surface area contributed by atoms with Crippen LogP contribution in [0.3, 0.4) is 0 Å². The van der Waals surface area contributed by atoms with Crippen molar-refractivity contribution in [3.63, 3.8) is 0 Å². The van der Waals surface area contributed by atoms with E-state index in [4.69, 9.17) is 10.1 Å². The van der Waals surface area contributed by atoms with E-state index in [0.717, 1.165) is 39.9 Å². The average Bonchev–Trinajstić information content (AvgIpc) is 2.89. The number of carbonyl (C=O) groups is 1. The van der Waals surface area contributed by atoms with Crippen molar-refractivity contribution in [3.8, 4) is 5.75 Å². The number of hydrogen-bond donors (Lipinski definition) is 3. The van der Waals surface area contributed by atoms with E-state index in [0.29, 0.717) is 17.9 Å². The molecule has 3 aromatic carbocycles. The van der Waals surface area contributed by atoms with E-state index in [1.807, 2.05) is 87.5 Å². The quantitative estimate of drug-likeness (QED) is 0.194.